The molecular weight excluding hydrogens is 188 g/mol. The number of hydrogen-bond acceptors (Lipinski definition) is 5. The summed E-state index contributed by atoms with van der Waals surface area (Å²) in [7, 11) is 0. The Kier molecular flexibility index (Phi) is 2.59. The minimum absolute atomic E-state index is 0.188. The molecule has 0 N–H and O–H groups in total. The van der Waals surface area contributed by atoms with Crippen molar-refractivity contribution in [3.05, 3.63) is 38.4 Å². The van der Waals surface area contributed by atoms with E-state index in [1.165, 1.54) is 6.07 Å². The molecule has 1 rings (SSSR count). The molecule has 0 spiro atoms. The van der Waals surface area contributed by atoms with Crippen molar-refractivity contribution in [2.45, 2.75) is 0 Å². The molecule has 0 bridgehead atoms. The number of hydrogen-bond donors (Lipinski definition) is 0. The van der Waals surface area contributed by atoms with Gasteiger partial charge < -0.3 is 0 Å². The second-order valence-corrected chi connectivity index (χ2v) is 2.09. The third-order valence-electron chi connectivity index (χ3n) is 1.35. The predicted octanol–water partition coefficient (Wildman–Crippen LogP) is 1.80. The first kappa shape index (κ1) is 9.44. The molecule has 0 unspecified atom stereocenters. The van der Waals surface area contributed by atoms with Gasteiger partial charge in [-0.3, -0.25) is 10.1 Å². The third-order valence-corrected chi connectivity index (χ3v) is 1.35. The van der Waals surface area contributed by atoms with Crippen LogP contribution in [-0.4, -0.2) is 9.91 Å². The van der Waals surface area contributed by atoms with E-state index in [-0.39, 0.29) is 5.56 Å². The van der Waals surface area contributed by atoms with E-state index in [0.29, 0.717) is 0 Å². The molecule has 14 heavy (non-hydrogen) atoms. The van der Waals surface area contributed by atoms with Gasteiger partial charge in [0.2, 0.25) is 5.82 Å². The van der Waals surface area contributed by atoms with Gasteiger partial charge in [-0.1, -0.05) is 0 Å². The molecule has 8 heteroatoms. The molecule has 0 atom stereocenters. The molecule has 1 aromatic rings. The van der Waals surface area contributed by atoms with Crippen molar-refractivity contribution in [2.75, 3.05) is 0 Å². The number of nitriles is 1. The van der Waals surface area contributed by atoms with Crippen LogP contribution in [-0.2, 0) is 0 Å². The van der Waals surface area contributed by atoms with E-state index in [2.05, 4.69) is 15.0 Å². The van der Waals surface area contributed by atoms with Gasteiger partial charge in [-0.25, -0.2) is 4.98 Å². The fraction of sp³-hybridized carbons (Fsp3) is 0. The zero-order valence-corrected chi connectivity index (χ0v) is 6.65. The lowest BCUT2D eigenvalue weighted by molar-refractivity contribution is -0.384. The molecule has 0 fully saturated rings. The van der Waals surface area contributed by atoms with E-state index in [1.54, 1.807) is 6.07 Å². The summed E-state index contributed by atoms with van der Waals surface area (Å²) in [6, 6.07) is 2.79. The Morgan fingerprint density at radius 3 is 3.00 bits per heavy atom. The van der Waals surface area contributed by atoms with Crippen LogP contribution < -0.4 is 0 Å². The molecule has 0 aliphatic carbocycles. The van der Waals surface area contributed by atoms with Crippen LogP contribution in [0, 0.1) is 21.4 Å². The molecule has 0 saturated heterocycles. The SMILES string of the molecule is N#Cc1ccnc(N=[N+]=[N-])c1[N+](=O)[O-]. The summed E-state index contributed by atoms with van der Waals surface area (Å²) in [6.07, 6.45) is 1.16. The van der Waals surface area contributed by atoms with Crippen LogP contribution in [0.3, 0.4) is 0 Å². The van der Waals surface area contributed by atoms with Crippen molar-refractivity contribution in [1.29, 1.82) is 5.26 Å². The maximum atomic E-state index is 10.5. The molecule has 0 aliphatic rings. The van der Waals surface area contributed by atoms with Gasteiger partial charge in [0.25, 0.3) is 0 Å². The number of nitro groups is 1. The monoisotopic (exact) mass is 190 g/mol. The van der Waals surface area contributed by atoms with Gasteiger partial charge >= 0.3 is 5.69 Å². The molecule has 0 radical (unpaired) electrons. The molecule has 0 aromatic carbocycles. The fourth-order valence-electron chi connectivity index (χ4n) is 0.829. The van der Waals surface area contributed by atoms with Crippen molar-refractivity contribution < 1.29 is 4.92 Å². The smallest absolute Gasteiger partial charge is 0.258 e. The van der Waals surface area contributed by atoms with E-state index in [1.807, 2.05) is 0 Å². The lowest BCUT2D eigenvalue weighted by atomic mass is 10.2. The maximum absolute atomic E-state index is 10.5. The molecule has 68 valence electrons. The second-order valence-electron chi connectivity index (χ2n) is 2.09. The van der Waals surface area contributed by atoms with E-state index in [4.69, 9.17) is 10.8 Å². The Morgan fingerprint density at radius 2 is 2.50 bits per heavy atom. The normalized spacial score (nSPS) is 8.50. The number of aromatic nitrogens is 1. The first-order valence-corrected chi connectivity index (χ1v) is 3.29. The highest BCUT2D eigenvalue weighted by Crippen LogP contribution is 2.27. The van der Waals surface area contributed by atoms with Gasteiger partial charge in [0.05, 0.1) is 4.92 Å². The Bertz CT molecular complexity index is 470. The molecule has 1 aromatic heterocycles. The lowest BCUT2D eigenvalue weighted by Crippen LogP contribution is -1.93. The third kappa shape index (κ3) is 1.57. The second kappa shape index (κ2) is 3.84. The van der Waals surface area contributed by atoms with E-state index in [9.17, 15) is 10.1 Å². The standard InChI is InChI=1S/C6H2N6O2/c7-3-4-1-2-9-6(10-11-8)5(4)12(13)14/h1-2H. The molecule has 0 aliphatic heterocycles. The molecule has 0 amide bonds. The van der Waals surface area contributed by atoms with Gasteiger partial charge in [-0.05, 0) is 16.7 Å². The van der Waals surface area contributed by atoms with Crippen LogP contribution in [0.1, 0.15) is 5.56 Å². The average Bonchev–Trinajstić information content (AvgIpc) is 2.17. The van der Waals surface area contributed by atoms with Crippen LogP contribution in [0.2, 0.25) is 0 Å². The highest BCUT2D eigenvalue weighted by atomic mass is 16.6. The zero-order chi connectivity index (χ0) is 10.6. The van der Waals surface area contributed by atoms with Gasteiger partial charge in [0.1, 0.15) is 11.6 Å². The molecule has 1 heterocycles. The quantitative estimate of drug-likeness (QED) is 0.231. The summed E-state index contributed by atoms with van der Waals surface area (Å²) in [5.74, 6) is -0.406. The van der Waals surface area contributed by atoms with E-state index < -0.39 is 16.4 Å². The first-order chi connectivity index (χ1) is 6.70. The number of rotatable bonds is 2. The minimum Gasteiger partial charge on any atom is -0.258 e. The van der Waals surface area contributed by atoms with Crippen molar-refractivity contribution >= 4 is 11.5 Å². The average molecular weight is 190 g/mol. The van der Waals surface area contributed by atoms with Crippen molar-refractivity contribution in [3.8, 4) is 6.07 Å². The van der Waals surface area contributed by atoms with Gasteiger partial charge in [0, 0.05) is 11.1 Å². The summed E-state index contributed by atoms with van der Waals surface area (Å²) in [5.41, 5.74) is 7.34. The number of azide groups is 1. The molecule has 8 nitrogen and oxygen atoms in total. The van der Waals surface area contributed by atoms with Crippen LogP contribution in [0.5, 0.6) is 0 Å². The van der Waals surface area contributed by atoms with Crippen molar-refractivity contribution in [1.82, 2.24) is 4.98 Å². The highest BCUT2D eigenvalue weighted by Gasteiger charge is 2.19. The minimum atomic E-state index is -0.810. The van der Waals surface area contributed by atoms with Crippen LogP contribution >= 0.6 is 0 Å². The Hall–Kier alpha value is -2.65. The van der Waals surface area contributed by atoms with Crippen molar-refractivity contribution in [2.24, 2.45) is 5.11 Å². The van der Waals surface area contributed by atoms with Crippen LogP contribution in [0.15, 0.2) is 17.4 Å². The highest BCUT2D eigenvalue weighted by molar-refractivity contribution is 5.60. The van der Waals surface area contributed by atoms with E-state index in [0.717, 1.165) is 6.20 Å². The Balaban J connectivity index is 3.52. The fourth-order valence-corrected chi connectivity index (χ4v) is 0.829. The van der Waals surface area contributed by atoms with Gasteiger partial charge in [-0.2, -0.15) is 5.26 Å². The zero-order valence-electron chi connectivity index (χ0n) is 6.65. The predicted molar refractivity (Wildman–Crippen MR) is 44.4 cm³/mol. The summed E-state index contributed by atoms with van der Waals surface area (Å²) < 4.78 is 0. The van der Waals surface area contributed by atoms with E-state index >= 15 is 0 Å². The van der Waals surface area contributed by atoms with Crippen LogP contribution in [0.25, 0.3) is 10.4 Å². The van der Waals surface area contributed by atoms with Gasteiger partial charge in [-0.15, -0.1) is 0 Å². The summed E-state index contributed by atoms with van der Waals surface area (Å²) >= 11 is 0. The number of pyridine rings is 1. The topological polar surface area (TPSA) is 129 Å². The van der Waals surface area contributed by atoms with Crippen LogP contribution in [0.4, 0.5) is 11.5 Å². The number of nitrogens with zero attached hydrogens (tertiary/aromatic N) is 6. The Labute approximate surface area is 77.2 Å². The summed E-state index contributed by atoms with van der Waals surface area (Å²) in [5, 5.41) is 22.1. The lowest BCUT2D eigenvalue weighted by Gasteiger charge is -1.95. The molecule has 0 saturated carbocycles. The molecular formula is C6H2N6O2. The largest absolute Gasteiger partial charge is 0.315 e. The van der Waals surface area contributed by atoms with Crippen molar-refractivity contribution in [3.63, 3.8) is 0 Å². The maximum Gasteiger partial charge on any atom is 0.315 e. The van der Waals surface area contributed by atoms with Gasteiger partial charge in [0.15, 0.2) is 0 Å². The Morgan fingerprint density at radius 1 is 1.79 bits per heavy atom. The first-order valence-electron chi connectivity index (χ1n) is 3.29. The summed E-state index contributed by atoms with van der Waals surface area (Å²) in [4.78, 5) is 15.6. The summed E-state index contributed by atoms with van der Waals surface area (Å²) in [6.45, 7) is 0.